The van der Waals surface area contributed by atoms with E-state index in [2.05, 4.69) is 20.8 Å². The molecule has 1 atom stereocenters. The molecular weight excluding hydrogens is 282 g/mol. The number of nitrogens with one attached hydrogen (secondary N) is 3. The molecule has 0 aliphatic carbocycles. The second-order valence-electron chi connectivity index (χ2n) is 4.14. The van der Waals surface area contributed by atoms with Crippen molar-refractivity contribution in [3.63, 3.8) is 0 Å². The first-order valence-electron chi connectivity index (χ1n) is 6.34. The molecule has 1 aromatic rings. The average molecular weight is 301 g/mol. The number of aromatic amines is 1. The maximum Gasteiger partial charge on any atom is 0.343 e. The van der Waals surface area contributed by atoms with Gasteiger partial charge in [0, 0.05) is 13.6 Å². The number of unbranched alkanes of at least 4 members (excludes halogenated alkanes) is 1. The minimum Gasteiger partial charge on any atom is -0.341 e. The van der Waals surface area contributed by atoms with E-state index in [1.165, 1.54) is 11.6 Å². The number of urea groups is 1. The number of thioether (sulfide) groups is 1. The highest BCUT2D eigenvalue weighted by Crippen LogP contribution is 2.20. The molecule has 20 heavy (non-hydrogen) atoms. The van der Waals surface area contributed by atoms with Crippen LogP contribution in [0.2, 0.25) is 0 Å². The largest absolute Gasteiger partial charge is 0.343 e. The van der Waals surface area contributed by atoms with Crippen LogP contribution in [-0.2, 0) is 11.3 Å². The van der Waals surface area contributed by atoms with Crippen molar-refractivity contribution in [1.82, 2.24) is 25.4 Å². The first kappa shape index (κ1) is 16.3. The third-order valence-electron chi connectivity index (χ3n) is 2.57. The van der Waals surface area contributed by atoms with E-state index in [0.29, 0.717) is 11.7 Å². The van der Waals surface area contributed by atoms with Crippen LogP contribution in [0, 0.1) is 0 Å². The van der Waals surface area contributed by atoms with Crippen molar-refractivity contribution in [3.05, 3.63) is 10.5 Å². The summed E-state index contributed by atoms with van der Waals surface area (Å²) in [6, 6.07) is -0.562. The molecule has 0 spiro atoms. The van der Waals surface area contributed by atoms with E-state index in [4.69, 9.17) is 0 Å². The van der Waals surface area contributed by atoms with Gasteiger partial charge in [0.1, 0.15) is 0 Å². The van der Waals surface area contributed by atoms with E-state index in [1.54, 1.807) is 6.92 Å². The number of aromatic nitrogens is 3. The molecule has 0 saturated heterocycles. The predicted octanol–water partition coefficient (Wildman–Crippen LogP) is 0.308. The minimum absolute atomic E-state index is 0.292. The van der Waals surface area contributed by atoms with Gasteiger partial charge in [-0.05, 0) is 13.3 Å². The first-order chi connectivity index (χ1) is 9.49. The van der Waals surface area contributed by atoms with Gasteiger partial charge in [0.15, 0.2) is 5.16 Å². The van der Waals surface area contributed by atoms with E-state index in [0.717, 1.165) is 24.6 Å². The summed E-state index contributed by atoms with van der Waals surface area (Å²) >= 11 is 1.13. The number of carbonyl (C=O) groups is 2. The lowest BCUT2D eigenvalue weighted by Gasteiger charge is -2.10. The van der Waals surface area contributed by atoms with E-state index < -0.39 is 17.2 Å². The molecule has 0 aliphatic heterocycles. The summed E-state index contributed by atoms with van der Waals surface area (Å²) < 4.78 is 1.50. The van der Waals surface area contributed by atoms with Crippen LogP contribution in [0.4, 0.5) is 4.79 Å². The zero-order valence-electron chi connectivity index (χ0n) is 11.7. The summed E-state index contributed by atoms with van der Waals surface area (Å²) in [5.41, 5.74) is -0.292. The van der Waals surface area contributed by atoms with Gasteiger partial charge in [-0.3, -0.25) is 14.7 Å². The van der Waals surface area contributed by atoms with Gasteiger partial charge in [0.25, 0.3) is 0 Å². The molecular formula is C11H19N5O3S. The van der Waals surface area contributed by atoms with Gasteiger partial charge >= 0.3 is 11.7 Å². The second-order valence-corrected chi connectivity index (χ2v) is 5.45. The highest BCUT2D eigenvalue weighted by molar-refractivity contribution is 8.00. The number of nitrogens with zero attached hydrogens (tertiary/aromatic N) is 2. The molecule has 0 aliphatic rings. The summed E-state index contributed by atoms with van der Waals surface area (Å²) in [6.07, 6.45) is 1.81. The fourth-order valence-electron chi connectivity index (χ4n) is 1.39. The molecule has 1 aromatic heterocycles. The highest BCUT2D eigenvalue weighted by atomic mass is 32.2. The molecule has 112 valence electrons. The van der Waals surface area contributed by atoms with Crippen molar-refractivity contribution < 1.29 is 9.59 Å². The summed E-state index contributed by atoms with van der Waals surface area (Å²) in [5, 5.41) is 10.7. The molecule has 0 aromatic carbocycles. The van der Waals surface area contributed by atoms with Crippen molar-refractivity contribution in [3.8, 4) is 0 Å². The Kier molecular flexibility index (Phi) is 6.29. The lowest BCUT2D eigenvalue weighted by molar-refractivity contribution is -0.119. The lowest BCUT2D eigenvalue weighted by Crippen LogP contribution is -2.41. The Bertz CT molecular complexity index is 524. The quantitative estimate of drug-likeness (QED) is 0.655. The first-order valence-corrected chi connectivity index (χ1v) is 7.22. The Morgan fingerprint density at radius 1 is 1.50 bits per heavy atom. The van der Waals surface area contributed by atoms with Crippen LogP contribution in [-0.4, -0.2) is 39.0 Å². The number of carbonyl (C=O) groups excluding carboxylic acids is 2. The molecule has 3 N–H and O–H groups in total. The Balaban J connectivity index is 2.70. The van der Waals surface area contributed by atoms with Crippen LogP contribution < -0.4 is 16.3 Å². The number of amides is 3. The van der Waals surface area contributed by atoms with Crippen molar-refractivity contribution in [2.75, 3.05) is 7.05 Å². The van der Waals surface area contributed by atoms with Crippen molar-refractivity contribution in [2.24, 2.45) is 0 Å². The van der Waals surface area contributed by atoms with Crippen LogP contribution in [0.5, 0.6) is 0 Å². The fraction of sp³-hybridized carbons (Fsp3) is 0.636. The summed E-state index contributed by atoms with van der Waals surface area (Å²) in [4.78, 5) is 34.4. The maximum atomic E-state index is 11.7. The van der Waals surface area contributed by atoms with Gasteiger partial charge in [-0.2, -0.15) is 0 Å². The van der Waals surface area contributed by atoms with Crippen molar-refractivity contribution >= 4 is 23.7 Å². The normalized spacial score (nSPS) is 11.9. The lowest BCUT2D eigenvalue weighted by atomic mass is 10.3. The van der Waals surface area contributed by atoms with Crippen LogP contribution in [0.15, 0.2) is 9.95 Å². The average Bonchev–Trinajstić information content (AvgIpc) is 2.76. The maximum absolute atomic E-state index is 11.7. The van der Waals surface area contributed by atoms with Gasteiger partial charge < -0.3 is 5.32 Å². The molecule has 8 nitrogen and oxygen atoms in total. The predicted molar refractivity (Wildman–Crippen MR) is 75.7 cm³/mol. The Morgan fingerprint density at radius 2 is 2.20 bits per heavy atom. The summed E-state index contributed by atoms with van der Waals surface area (Å²) in [6.45, 7) is 4.22. The monoisotopic (exact) mass is 301 g/mol. The standard InChI is InChI=1S/C11H19N5O3S/c1-4-5-6-16-10(19)14-15-11(16)20-7(2)8(17)13-9(18)12-3/h7H,4-6H2,1-3H3,(H,14,19)(H2,12,13,17,18)/t7-/m1/s1. The van der Waals surface area contributed by atoms with Crippen LogP contribution >= 0.6 is 11.8 Å². The van der Waals surface area contributed by atoms with E-state index >= 15 is 0 Å². The Morgan fingerprint density at radius 3 is 2.80 bits per heavy atom. The summed E-state index contributed by atoms with van der Waals surface area (Å²) in [5.74, 6) is -0.438. The topological polar surface area (TPSA) is 109 Å². The number of imide groups is 1. The van der Waals surface area contributed by atoms with Gasteiger partial charge in [0.2, 0.25) is 5.91 Å². The van der Waals surface area contributed by atoms with Gasteiger partial charge in [-0.1, -0.05) is 25.1 Å². The van der Waals surface area contributed by atoms with Crippen molar-refractivity contribution in [2.45, 2.75) is 43.6 Å². The van der Waals surface area contributed by atoms with E-state index in [-0.39, 0.29) is 5.69 Å². The molecule has 1 heterocycles. The number of hydrogen-bond acceptors (Lipinski definition) is 5. The zero-order chi connectivity index (χ0) is 15.1. The number of H-pyrrole nitrogens is 1. The van der Waals surface area contributed by atoms with E-state index in [1.807, 2.05) is 6.92 Å². The molecule has 9 heteroatoms. The molecule has 3 amide bonds. The molecule has 1 rings (SSSR count). The highest BCUT2D eigenvalue weighted by Gasteiger charge is 2.20. The summed E-state index contributed by atoms with van der Waals surface area (Å²) in [7, 11) is 1.43. The Hall–Kier alpha value is -1.77. The van der Waals surface area contributed by atoms with Gasteiger partial charge in [-0.15, -0.1) is 5.10 Å². The molecule has 0 fully saturated rings. The van der Waals surface area contributed by atoms with Gasteiger partial charge in [-0.25, -0.2) is 14.7 Å². The number of rotatable bonds is 6. The third kappa shape index (κ3) is 4.41. The van der Waals surface area contributed by atoms with Gasteiger partial charge in [0.05, 0.1) is 5.25 Å². The zero-order valence-corrected chi connectivity index (χ0v) is 12.5. The van der Waals surface area contributed by atoms with E-state index in [9.17, 15) is 14.4 Å². The van der Waals surface area contributed by atoms with Crippen LogP contribution in [0.3, 0.4) is 0 Å². The minimum atomic E-state index is -0.562. The van der Waals surface area contributed by atoms with Crippen molar-refractivity contribution in [1.29, 1.82) is 0 Å². The van der Waals surface area contributed by atoms with Crippen LogP contribution in [0.1, 0.15) is 26.7 Å². The smallest absolute Gasteiger partial charge is 0.341 e. The molecule has 0 radical (unpaired) electrons. The molecule has 0 bridgehead atoms. The molecule has 0 saturated carbocycles. The van der Waals surface area contributed by atoms with Crippen LogP contribution in [0.25, 0.3) is 0 Å². The number of hydrogen-bond donors (Lipinski definition) is 3. The fourth-order valence-corrected chi connectivity index (χ4v) is 2.28. The second kappa shape index (κ2) is 7.73. The molecule has 0 unspecified atom stereocenters. The third-order valence-corrected chi connectivity index (χ3v) is 3.66. The Labute approximate surface area is 120 Å². The SMILES string of the molecule is CCCCn1c(S[C@H](C)C(=O)NC(=O)NC)n[nH]c1=O.